The fraction of sp³-hybridized carbons (Fsp3) is 0.385. The number of nitrogens with one attached hydrogen (secondary N) is 1. The number of carbonyl (C=O) groups is 2. The maximum absolute atomic E-state index is 11.6. The van der Waals surface area contributed by atoms with Gasteiger partial charge in [0.2, 0.25) is 5.91 Å². The lowest BCUT2D eigenvalue weighted by Crippen LogP contribution is -2.30. The van der Waals surface area contributed by atoms with Gasteiger partial charge in [-0.2, -0.15) is 0 Å². The molecule has 104 valence electrons. The highest BCUT2D eigenvalue weighted by molar-refractivity contribution is 9.10. The van der Waals surface area contributed by atoms with E-state index < -0.39 is 12.0 Å². The second kappa shape index (κ2) is 7.91. The smallest absolute Gasteiger partial charge is 0.305 e. The van der Waals surface area contributed by atoms with Gasteiger partial charge in [-0.3, -0.25) is 9.59 Å². The van der Waals surface area contributed by atoms with Crippen LogP contribution in [0.1, 0.15) is 24.4 Å². The van der Waals surface area contributed by atoms with Gasteiger partial charge in [0.05, 0.1) is 19.1 Å². The van der Waals surface area contributed by atoms with Crippen LogP contribution in [0.2, 0.25) is 0 Å². The fourth-order valence-corrected chi connectivity index (χ4v) is 1.85. The summed E-state index contributed by atoms with van der Waals surface area (Å²) in [5.41, 5.74) is 0.761. The van der Waals surface area contributed by atoms with E-state index in [1.165, 1.54) is 7.11 Å². The lowest BCUT2D eigenvalue weighted by molar-refractivity contribution is -0.137. The summed E-state index contributed by atoms with van der Waals surface area (Å²) in [7, 11) is 1.51. The van der Waals surface area contributed by atoms with E-state index >= 15 is 0 Å². The highest BCUT2D eigenvalue weighted by atomic mass is 79.9. The third-order valence-corrected chi connectivity index (χ3v) is 3.05. The van der Waals surface area contributed by atoms with Gasteiger partial charge in [0.15, 0.2) is 0 Å². The zero-order valence-electron chi connectivity index (χ0n) is 10.6. The summed E-state index contributed by atoms with van der Waals surface area (Å²) in [6.07, 6.45) is 0.0590. The fourth-order valence-electron chi connectivity index (χ4n) is 1.58. The quantitative estimate of drug-likeness (QED) is 0.803. The van der Waals surface area contributed by atoms with Gasteiger partial charge in [0, 0.05) is 18.0 Å². The number of aliphatic carboxylic acids is 1. The number of methoxy groups -OCH3 is 1. The summed E-state index contributed by atoms with van der Waals surface area (Å²) < 4.78 is 5.71. The van der Waals surface area contributed by atoms with Crippen LogP contribution in [0.15, 0.2) is 28.7 Å². The molecule has 0 spiro atoms. The maximum Gasteiger partial charge on any atom is 0.305 e. The lowest BCUT2D eigenvalue weighted by Gasteiger charge is -2.17. The Hall–Kier alpha value is -1.40. The van der Waals surface area contributed by atoms with Crippen LogP contribution in [0.4, 0.5) is 0 Å². The molecule has 0 unspecified atom stereocenters. The molecule has 0 aromatic heterocycles. The van der Waals surface area contributed by atoms with Crippen LogP contribution >= 0.6 is 15.9 Å². The summed E-state index contributed by atoms with van der Waals surface area (Å²) in [4.78, 5) is 22.5. The monoisotopic (exact) mass is 329 g/mol. The van der Waals surface area contributed by atoms with Crippen molar-refractivity contribution in [3.8, 4) is 0 Å². The maximum atomic E-state index is 11.6. The zero-order valence-corrected chi connectivity index (χ0v) is 12.1. The van der Waals surface area contributed by atoms with Gasteiger partial charge >= 0.3 is 5.97 Å². The van der Waals surface area contributed by atoms with Crippen molar-refractivity contribution in [3.63, 3.8) is 0 Å². The van der Waals surface area contributed by atoms with Crippen molar-refractivity contribution in [1.82, 2.24) is 5.32 Å². The summed E-state index contributed by atoms with van der Waals surface area (Å²) in [6, 6.07) is 6.66. The number of amides is 1. The number of carboxylic acids is 1. The Morgan fingerprint density at radius 3 is 2.53 bits per heavy atom. The van der Waals surface area contributed by atoms with Crippen LogP contribution in [0.5, 0.6) is 0 Å². The molecule has 0 radical (unpaired) electrons. The number of hydrogen-bond acceptors (Lipinski definition) is 3. The average molecular weight is 330 g/mol. The highest BCUT2D eigenvalue weighted by Crippen LogP contribution is 2.19. The molecule has 1 aromatic rings. The minimum atomic E-state index is -0.958. The number of benzene rings is 1. The second-order valence-electron chi connectivity index (χ2n) is 4.01. The Labute approximate surface area is 120 Å². The van der Waals surface area contributed by atoms with E-state index in [-0.39, 0.29) is 18.7 Å². The molecule has 0 bridgehead atoms. The first-order valence-electron chi connectivity index (χ1n) is 5.78. The average Bonchev–Trinajstić information content (AvgIpc) is 2.36. The van der Waals surface area contributed by atoms with Crippen molar-refractivity contribution in [3.05, 3.63) is 34.3 Å². The Morgan fingerprint density at radius 2 is 2.00 bits per heavy atom. The van der Waals surface area contributed by atoms with E-state index in [1.807, 2.05) is 12.1 Å². The van der Waals surface area contributed by atoms with Gasteiger partial charge in [-0.25, -0.2) is 0 Å². The van der Waals surface area contributed by atoms with Crippen LogP contribution in [0.25, 0.3) is 0 Å². The summed E-state index contributed by atoms with van der Waals surface area (Å²) >= 11 is 3.31. The third kappa shape index (κ3) is 5.85. The number of halogens is 1. The minimum absolute atomic E-state index is 0.152. The van der Waals surface area contributed by atoms with Crippen LogP contribution < -0.4 is 5.32 Å². The molecule has 0 aliphatic heterocycles. The minimum Gasteiger partial charge on any atom is -0.481 e. The first-order valence-corrected chi connectivity index (χ1v) is 6.57. The zero-order chi connectivity index (χ0) is 14.3. The van der Waals surface area contributed by atoms with E-state index in [0.29, 0.717) is 6.61 Å². The van der Waals surface area contributed by atoms with Crippen molar-refractivity contribution >= 4 is 27.8 Å². The van der Waals surface area contributed by atoms with E-state index in [0.717, 1.165) is 10.0 Å². The Kier molecular flexibility index (Phi) is 6.52. The first-order chi connectivity index (χ1) is 9.02. The molecule has 0 saturated heterocycles. The van der Waals surface area contributed by atoms with Gasteiger partial charge in [-0.1, -0.05) is 28.1 Å². The normalized spacial score (nSPS) is 11.9. The molecule has 1 rings (SSSR count). The van der Waals surface area contributed by atoms with Gasteiger partial charge in [0.1, 0.15) is 0 Å². The molecule has 1 atom stereocenters. The summed E-state index contributed by atoms with van der Waals surface area (Å²) in [5.74, 6) is -1.18. The highest BCUT2D eigenvalue weighted by Gasteiger charge is 2.17. The molecule has 5 nitrogen and oxygen atoms in total. The van der Waals surface area contributed by atoms with Crippen LogP contribution in [-0.2, 0) is 14.3 Å². The van der Waals surface area contributed by atoms with Crippen LogP contribution in [0.3, 0.4) is 0 Å². The largest absolute Gasteiger partial charge is 0.481 e. The van der Waals surface area contributed by atoms with Crippen molar-refractivity contribution in [2.75, 3.05) is 13.7 Å². The summed E-state index contributed by atoms with van der Waals surface area (Å²) in [6.45, 7) is 0.311. The van der Waals surface area contributed by atoms with E-state index in [1.54, 1.807) is 12.1 Å². The molecule has 19 heavy (non-hydrogen) atoms. The van der Waals surface area contributed by atoms with Crippen molar-refractivity contribution in [2.45, 2.75) is 18.9 Å². The van der Waals surface area contributed by atoms with E-state index in [4.69, 9.17) is 9.84 Å². The number of hydrogen-bond donors (Lipinski definition) is 2. The van der Waals surface area contributed by atoms with Crippen LogP contribution in [-0.4, -0.2) is 30.7 Å². The van der Waals surface area contributed by atoms with Gasteiger partial charge in [-0.15, -0.1) is 0 Å². The molecule has 0 heterocycles. The predicted molar refractivity (Wildman–Crippen MR) is 73.8 cm³/mol. The molecule has 0 aliphatic carbocycles. The number of rotatable bonds is 7. The molecule has 0 fully saturated rings. The Morgan fingerprint density at radius 1 is 1.37 bits per heavy atom. The summed E-state index contributed by atoms with van der Waals surface area (Å²) in [5, 5.41) is 11.6. The molecule has 1 aromatic carbocycles. The predicted octanol–water partition coefficient (Wildman–Crippen LogP) is 2.12. The van der Waals surface area contributed by atoms with Gasteiger partial charge < -0.3 is 15.2 Å². The Balaban J connectivity index is 2.74. The lowest BCUT2D eigenvalue weighted by atomic mass is 10.0. The molecule has 0 aliphatic rings. The van der Waals surface area contributed by atoms with Gasteiger partial charge in [0.25, 0.3) is 0 Å². The first kappa shape index (κ1) is 15.7. The second-order valence-corrected chi connectivity index (χ2v) is 4.93. The molecule has 0 saturated carbocycles. The topological polar surface area (TPSA) is 75.6 Å². The van der Waals surface area contributed by atoms with Crippen molar-refractivity contribution < 1.29 is 19.4 Å². The Bertz CT molecular complexity index is 433. The number of carbonyl (C=O) groups excluding carboxylic acids is 1. The molecular formula is C13H16BrNO4. The molecule has 6 heteroatoms. The SMILES string of the molecule is COCCC(=O)N[C@@H](CC(=O)O)c1ccc(Br)cc1. The van der Waals surface area contributed by atoms with Crippen molar-refractivity contribution in [1.29, 1.82) is 0 Å². The standard InChI is InChI=1S/C13H16BrNO4/c1-19-7-6-12(16)15-11(8-13(17)18)9-2-4-10(14)5-3-9/h2-5,11H,6-8H2,1H3,(H,15,16)(H,17,18)/t11-/m0/s1. The van der Waals surface area contributed by atoms with Gasteiger partial charge in [-0.05, 0) is 17.7 Å². The molecule has 1 amide bonds. The third-order valence-electron chi connectivity index (χ3n) is 2.52. The molecule has 2 N–H and O–H groups in total. The molecular weight excluding hydrogens is 314 g/mol. The van der Waals surface area contributed by atoms with E-state index in [2.05, 4.69) is 21.2 Å². The van der Waals surface area contributed by atoms with E-state index in [9.17, 15) is 9.59 Å². The number of carboxylic acid groups (broad SMARTS) is 1. The van der Waals surface area contributed by atoms with Crippen LogP contribution in [0, 0.1) is 0 Å². The van der Waals surface area contributed by atoms with Crippen molar-refractivity contribution in [2.24, 2.45) is 0 Å². The number of ether oxygens (including phenoxy) is 1.